The predicted molar refractivity (Wildman–Crippen MR) is 86.1 cm³/mol. The van der Waals surface area contributed by atoms with Gasteiger partial charge in [-0.1, -0.05) is 54.6 Å². The summed E-state index contributed by atoms with van der Waals surface area (Å²) in [6.45, 7) is 0.672. The second-order valence-electron chi connectivity index (χ2n) is 5.13. The van der Waals surface area contributed by atoms with Gasteiger partial charge in [0, 0.05) is 6.54 Å². The summed E-state index contributed by atoms with van der Waals surface area (Å²) in [5.41, 5.74) is 2.66. The molecule has 2 rings (SSSR count). The fourth-order valence-electron chi connectivity index (χ4n) is 2.15. The van der Waals surface area contributed by atoms with E-state index in [9.17, 15) is 9.59 Å². The topological polar surface area (TPSA) is 75.6 Å². The molecule has 2 N–H and O–H groups in total. The zero-order chi connectivity index (χ0) is 16.5. The Morgan fingerprint density at radius 1 is 0.957 bits per heavy atom. The lowest BCUT2D eigenvalue weighted by Gasteiger charge is -2.08. The molecule has 0 aliphatic rings. The lowest BCUT2D eigenvalue weighted by molar-refractivity contribution is -0.136. The number of hydrogen-bond donors (Lipinski definition) is 2. The molecule has 1 amide bonds. The molecule has 0 spiro atoms. The third kappa shape index (κ3) is 6.22. The molecular weight excluding hydrogens is 294 g/mol. The smallest absolute Gasteiger partial charge is 0.407 e. The molecule has 0 aliphatic heterocycles. The van der Waals surface area contributed by atoms with E-state index in [1.807, 2.05) is 48.5 Å². The Kier molecular flexibility index (Phi) is 6.17. The average Bonchev–Trinajstić information content (AvgIpc) is 2.54. The second kappa shape index (κ2) is 8.58. The summed E-state index contributed by atoms with van der Waals surface area (Å²) in [5.74, 6) is -0.857. The number of nitrogens with one attached hydrogen (secondary N) is 1. The van der Waals surface area contributed by atoms with Crippen LogP contribution in [0.1, 0.15) is 16.7 Å². The molecule has 5 heteroatoms. The van der Waals surface area contributed by atoms with Crippen LogP contribution in [0.3, 0.4) is 0 Å². The minimum Gasteiger partial charge on any atom is -0.481 e. The standard InChI is InChI=1S/C18H19NO4/c20-17(21)12-16-8-4-7-14(11-16)9-10-19-18(22)23-13-15-5-2-1-3-6-15/h1-8,11H,9-10,12-13H2,(H,19,22)(H,20,21). The highest BCUT2D eigenvalue weighted by atomic mass is 16.5. The number of aliphatic carboxylic acids is 1. The van der Waals surface area contributed by atoms with E-state index in [-0.39, 0.29) is 13.0 Å². The zero-order valence-electron chi connectivity index (χ0n) is 12.7. The highest BCUT2D eigenvalue weighted by molar-refractivity contribution is 5.70. The van der Waals surface area contributed by atoms with Gasteiger partial charge >= 0.3 is 12.1 Å². The quantitative estimate of drug-likeness (QED) is 0.824. The zero-order valence-corrected chi connectivity index (χ0v) is 12.7. The number of rotatable bonds is 7. The van der Waals surface area contributed by atoms with Crippen LogP contribution in [0.4, 0.5) is 4.79 Å². The molecule has 2 aromatic rings. The molecule has 0 aromatic heterocycles. The normalized spacial score (nSPS) is 10.1. The molecule has 2 aromatic carbocycles. The van der Waals surface area contributed by atoms with E-state index in [4.69, 9.17) is 9.84 Å². The largest absolute Gasteiger partial charge is 0.481 e. The summed E-state index contributed by atoms with van der Waals surface area (Å²) in [5, 5.41) is 11.5. The Morgan fingerprint density at radius 2 is 1.65 bits per heavy atom. The van der Waals surface area contributed by atoms with Crippen molar-refractivity contribution < 1.29 is 19.4 Å². The summed E-state index contributed by atoms with van der Waals surface area (Å²) < 4.78 is 5.11. The van der Waals surface area contributed by atoms with Crippen LogP contribution in [-0.2, 0) is 29.0 Å². The van der Waals surface area contributed by atoms with E-state index in [1.54, 1.807) is 6.07 Å². The number of hydrogen-bond acceptors (Lipinski definition) is 3. The van der Waals surface area contributed by atoms with Crippen LogP contribution in [0.5, 0.6) is 0 Å². The number of ether oxygens (including phenoxy) is 1. The van der Waals surface area contributed by atoms with Crippen molar-refractivity contribution in [1.82, 2.24) is 5.32 Å². The van der Waals surface area contributed by atoms with E-state index in [2.05, 4.69) is 5.32 Å². The van der Waals surface area contributed by atoms with Crippen molar-refractivity contribution in [3.8, 4) is 0 Å². The van der Waals surface area contributed by atoms with Crippen molar-refractivity contribution in [1.29, 1.82) is 0 Å². The van der Waals surface area contributed by atoms with Crippen molar-refractivity contribution in [2.45, 2.75) is 19.4 Å². The van der Waals surface area contributed by atoms with Crippen LogP contribution in [0.15, 0.2) is 54.6 Å². The Bertz CT molecular complexity index is 655. The van der Waals surface area contributed by atoms with Crippen molar-refractivity contribution in [3.63, 3.8) is 0 Å². The number of carbonyl (C=O) groups is 2. The number of benzene rings is 2. The maximum absolute atomic E-state index is 11.6. The Labute approximate surface area is 134 Å². The SMILES string of the molecule is O=C(O)Cc1cccc(CCNC(=O)OCc2ccccc2)c1. The lowest BCUT2D eigenvalue weighted by Crippen LogP contribution is -2.26. The van der Waals surface area contributed by atoms with Gasteiger partial charge in [0.25, 0.3) is 0 Å². The van der Waals surface area contributed by atoms with E-state index >= 15 is 0 Å². The molecule has 0 saturated heterocycles. The van der Waals surface area contributed by atoms with Gasteiger partial charge in [0.2, 0.25) is 0 Å². The molecule has 0 bridgehead atoms. The minimum atomic E-state index is -0.857. The van der Waals surface area contributed by atoms with Gasteiger partial charge < -0.3 is 15.2 Å². The molecule has 0 unspecified atom stereocenters. The van der Waals surface area contributed by atoms with Gasteiger partial charge in [-0.25, -0.2) is 4.79 Å². The first-order valence-electron chi connectivity index (χ1n) is 7.37. The number of alkyl carbamates (subject to hydrolysis) is 1. The first-order chi connectivity index (χ1) is 11.1. The number of amides is 1. The van der Waals surface area contributed by atoms with Crippen LogP contribution in [0.2, 0.25) is 0 Å². The van der Waals surface area contributed by atoms with E-state index in [1.165, 1.54) is 0 Å². The van der Waals surface area contributed by atoms with Gasteiger partial charge in [0.15, 0.2) is 0 Å². The van der Waals surface area contributed by atoms with Crippen molar-refractivity contribution in [3.05, 3.63) is 71.3 Å². The van der Waals surface area contributed by atoms with E-state index < -0.39 is 12.1 Å². The monoisotopic (exact) mass is 313 g/mol. The van der Waals surface area contributed by atoms with Crippen LogP contribution in [0, 0.1) is 0 Å². The van der Waals surface area contributed by atoms with Crippen LogP contribution >= 0.6 is 0 Å². The fraction of sp³-hybridized carbons (Fsp3) is 0.222. The van der Waals surface area contributed by atoms with Crippen LogP contribution < -0.4 is 5.32 Å². The van der Waals surface area contributed by atoms with Gasteiger partial charge in [-0.15, -0.1) is 0 Å². The van der Waals surface area contributed by atoms with Gasteiger partial charge in [-0.2, -0.15) is 0 Å². The highest BCUT2D eigenvalue weighted by Gasteiger charge is 2.04. The molecule has 0 aliphatic carbocycles. The first kappa shape index (κ1) is 16.5. The molecule has 0 fully saturated rings. The Morgan fingerprint density at radius 3 is 2.39 bits per heavy atom. The van der Waals surface area contributed by atoms with Crippen molar-refractivity contribution >= 4 is 12.1 Å². The highest BCUT2D eigenvalue weighted by Crippen LogP contribution is 2.07. The Balaban J connectivity index is 1.72. The third-order valence-electron chi connectivity index (χ3n) is 3.24. The summed E-state index contributed by atoms with van der Waals surface area (Å²) in [6.07, 6.45) is 0.157. The summed E-state index contributed by atoms with van der Waals surface area (Å²) in [7, 11) is 0. The molecule has 120 valence electrons. The van der Waals surface area contributed by atoms with Crippen LogP contribution in [-0.4, -0.2) is 23.7 Å². The number of carboxylic acids is 1. The summed E-state index contributed by atoms with van der Waals surface area (Å²) >= 11 is 0. The number of carboxylic acid groups (broad SMARTS) is 1. The molecule has 0 heterocycles. The minimum absolute atomic E-state index is 0.000383. The molecule has 5 nitrogen and oxygen atoms in total. The van der Waals surface area contributed by atoms with Gasteiger partial charge in [-0.05, 0) is 23.1 Å². The average molecular weight is 313 g/mol. The van der Waals surface area contributed by atoms with Crippen molar-refractivity contribution in [2.24, 2.45) is 0 Å². The second-order valence-corrected chi connectivity index (χ2v) is 5.13. The van der Waals surface area contributed by atoms with Gasteiger partial charge in [-0.3, -0.25) is 4.79 Å². The molecule has 0 saturated carbocycles. The molecule has 23 heavy (non-hydrogen) atoms. The third-order valence-corrected chi connectivity index (χ3v) is 3.24. The van der Waals surface area contributed by atoms with Crippen molar-refractivity contribution in [2.75, 3.05) is 6.54 Å². The molecule has 0 atom stereocenters. The summed E-state index contributed by atoms with van der Waals surface area (Å²) in [6, 6.07) is 16.8. The maximum Gasteiger partial charge on any atom is 0.407 e. The van der Waals surface area contributed by atoms with Crippen LogP contribution in [0.25, 0.3) is 0 Å². The number of carbonyl (C=O) groups excluding carboxylic acids is 1. The van der Waals surface area contributed by atoms with E-state index in [0.717, 1.165) is 16.7 Å². The van der Waals surface area contributed by atoms with E-state index in [0.29, 0.717) is 13.0 Å². The maximum atomic E-state index is 11.6. The van der Waals surface area contributed by atoms with Gasteiger partial charge in [0.1, 0.15) is 6.61 Å². The first-order valence-corrected chi connectivity index (χ1v) is 7.37. The fourth-order valence-corrected chi connectivity index (χ4v) is 2.15. The molecular formula is C18H19NO4. The predicted octanol–water partition coefficient (Wildman–Crippen LogP) is 2.78. The lowest BCUT2D eigenvalue weighted by atomic mass is 10.1. The van der Waals surface area contributed by atoms with Gasteiger partial charge in [0.05, 0.1) is 6.42 Å². The Hall–Kier alpha value is -2.82. The summed E-state index contributed by atoms with van der Waals surface area (Å²) in [4.78, 5) is 22.3. The molecule has 0 radical (unpaired) electrons.